The van der Waals surface area contributed by atoms with Crippen molar-refractivity contribution in [2.75, 3.05) is 0 Å². The Kier molecular flexibility index (Phi) is 6.50. The fourth-order valence-electron chi connectivity index (χ4n) is 3.05. The molecule has 0 radical (unpaired) electrons. The Morgan fingerprint density at radius 1 is 0.903 bits per heavy atom. The van der Waals surface area contributed by atoms with E-state index >= 15 is 0 Å². The van der Waals surface area contributed by atoms with Crippen molar-refractivity contribution in [3.05, 3.63) is 89.5 Å². The van der Waals surface area contributed by atoms with E-state index in [1.54, 1.807) is 12.1 Å². The number of rotatable bonds is 6. The monoisotopic (exact) mass is 447 g/mol. The molecule has 0 unspecified atom stereocenters. The molecule has 0 saturated heterocycles. The van der Waals surface area contributed by atoms with Crippen molar-refractivity contribution in [1.29, 1.82) is 0 Å². The molecule has 0 aliphatic heterocycles. The maximum Gasteiger partial charge on any atom is 0.416 e. The Bertz CT molecular complexity index is 1170. The molecule has 0 saturated carbocycles. The molecule has 0 atom stereocenters. The largest absolute Gasteiger partial charge is 0.416 e. The minimum absolute atomic E-state index is 0.0712. The van der Waals surface area contributed by atoms with E-state index in [2.05, 4.69) is 6.92 Å². The normalized spacial score (nSPS) is 11.9. The van der Waals surface area contributed by atoms with E-state index in [-0.39, 0.29) is 5.56 Å². The lowest BCUT2D eigenvalue weighted by Crippen LogP contribution is -2.30. The number of nitrogens with one attached hydrogen (secondary N) is 1. The molecule has 0 fully saturated rings. The number of sulfonamides is 1. The summed E-state index contributed by atoms with van der Waals surface area (Å²) in [6, 6.07) is 17.5. The highest BCUT2D eigenvalue weighted by molar-refractivity contribution is 7.90. The Labute approximate surface area is 178 Å². The van der Waals surface area contributed by atoms with E-state index in [9.17, 15) is 26.4 Å². The maximum absolute atomic E-state index is 12.8. The Hall–Kier alpha value is -3.13. The highest BCUT2D eigenvalue weighted by atomic mass is 32.2. The zero-order valence-electron chi connectivity index (χ0n) is 16.6. The topological polar surface area (TPSA) is 63.2 Å². The minimum Gasteiger partial charge on any atom is -0.268 e. The first kappa shape index (κ1) is 22.6. The van der Waals surface area contributed by atoms with Crippen molar-refractivity contribution in [1.82, 2.24) is 4.72 Å². The number of benzene rings is 3. The Morgan fingerprint density at radius 3 is 2.03 bits per heavy atom. The highest BCUT2D eigenvalue weighted by Crippen LogP contribution is 2.30. The number of alkyl halides is 3. The molecule has 31 heavy (non-hydrogen) atoms. The Morgan fingerprint density at radius 2 is 1.48 bits per heavy atom. The molecule has 0 aliphatic carbocycles. The second-order valence-corrected chi connectivity index (χ2v) is 8.67. The molecule has 4 nitrogen and oxygen atoms in total. The van der Waals surface area contributed by atoms with Gasteiger partial charge in [0.1, 0.15) is 0 Å². The van der Waals surface area contributed by atoms with E-state index in [1.807, 2.05) is 29.0 Å². The van der Waals surface area contributed by atoms with Gasteiger partial charge in [-0.1, -0.05) is 55.8 Å². The van der Waals surface area contributed by atoms with Gasteiger partial charge in [-0.25, -0.2) is 13.1 Å². The summed E-state index contributed by atoms with van der Waals surface area (Å²) in [5.74, 6) is -0.928. The summed E-state index contributed by atoms with van der Waals surface area (Å²) in [5.41, 5.74) is 1.98. The molecular formula is C23H20F3NO3S. The van der Waals surface area contributed by atoms with Gasteiger partial charge in [-0.15, -0.1) is 0 Å². The lowest BCUT2D eigenvalue weighted by molar-refractivity contribution is -0.137. The standard InChI is InChI=1S/C23H20F3NO3S/c1-2-4-16-7-9-17(10-8-16)18-11-13-19(14-12-18)22(28)27-31(29,30)21-6-3-5-20(15-21)23(24,25)26/h3,5-15H,2,4H2,1H3,(H,27,28). The molecule has 1 amide bonds. The molecule has 1 N–H and O–H groups in total. The van der Waals surface area contributed by atoms with Crippen LogP contribution in [0.15, 0.2) is 77.7 Å². The molecule has 0 spiro atoms. The molecule has 8 heteroatoms. The SMILES string of the molecule is CCCc1ccc(-c2ccc(C(=O)NS(=O)(=O)c3cccc(C(F)(F)F)c3)cc2)cc1. The van der Waals surface area contributed by atoms with Crippen molar-refractivity contribution in [3.63, 3.8) is 0 Å². The maximum atomic E-state index is 12.8. The van der Waals surface area contributed by atoms with E-state index in [1.165, 1.54) is 17.7 Å². The highest BCUT2D eigenvalue weighted by Gasteiger charge is 2.32. The van der Waals surface area contributed by atoms with Crippen molar-refractivity contribution in [3.8, 4) is 11.1 Å². The average molecular weight is 447 g/mol. The minimum atomic E-state index is -4.69. The van der Waals surface area contributed by atoms with Gasteiger partial charge in [-0.3, -0.25) is 4.79 Å². The molecule has 0 aliphatic rings. The quantitative estimate of drug-likeness (QED) is 0.547. The van der Waals surface area contributed by atoms with Crippen LogP contribution in [0.1, 0.15) is 34.8 Å². The van der Waals surface area contributed by atoms with Crippen LogP contribution in [0.5, 0.6) is 0 Å². The van der Waals surface area contributed by atoms with Crippen LogP contribution < -0.4 is 4.72 Å². The van der Waals surface area contributed by atoms with E-state index in [4.69, 9.17) is 0 Å². The number of amides is 1. The van der Waals surface area contributed by atoms with Crippen LogP contribution in [0.2, 0.25) is 0 Å². The second-order valence-electron chi connectivity index (χ2n) is 6.98. The lowest BCUT2D eigenvalue weighted by atomic mass is 10.0. The summed E-state index contributed by atoms with van der Waals surface area (Å²) in [6.45, 7) is 2.10. The third-order valence-corrected chi connectivity index (χ3v) is 6.00. The average Bonchev–Trinajstić information content (AvgIpc) is 2.74. The van der Waals surface area contributed by atoms with Gasteiger partial charge in [0.05, 0.1) is 10.5 Å². The molecule has 0 heterocycles. The smallest absolute Gasteiger partial charge is 0.268 e. The lowest BCUT2D eigenvalue weighted by Gasteiger charge is -2.11. The van der Waals surface area contributed by atoms with Gasteiger partial charge in [0.25, 0.3) is 15.9 Å². The summed E-state index contributed by atoms with van der Waals surface area (Å²) < 4.78 is 65.1. The molecule has 162 valence electrons. The van der Waals surface area contributed by atoms with Gasteiger partial charge in [0.2, 0.25) is 0 Å². The first-order valence-corrected chi connectivity index (χ1v) is 11.0. The summed E-state index contributed by atoms with van der Waals surface area (Å²) in [4.78, 5) is 11.7. The van der Waals surface area contributed by atoms with Crippen LogP contribution in [0.25, 0.3) is 11.1 Å². The summed E-state index contributed by atoms with van der Waals surface area (Å²) in [7, 11) is -4.46. The number of hydrogen-bond acceptors (Lipinski definition) is 3. The number of carbonyl (C=O) groups is 1. The van der Waals surface area contributed by atoms with Crippen molar-refractivity contribution >= 4 is 15.9 Å². The van der Waals surface area contributed by atoms with Gasteiger partial charge in [-0.05, 0) is 53.4 Å². The Balaban J connectivity index is 1.76. The fraction of sp³-hybridized carbons (Fsp3) is 0.174. The number of aryl methyl sites for hydroxylation is 1. The van der Waals surface area contributed by atoms with Crippen LogP contribution in [-0.4, -0.2) is 14.3 Å². The molecule has 3 aromatic carbocycles. The van der Waals surface area contributed by atoms with E-state index in [0.29, 0.717) is 6.07 Å². The summed E-state index contributed by atoms with van der Waals surface area (Å²) >= 11 is 0. The van der Waals surface area contributed by atoms with Gasteiger partial charge < -0.3 is 0 Å². The fourth-order valence-corrected chi connectivity index (χ4v) is 4.07. The third-order valence-electron chi connectivity index (χ3n) is 4.67. The molecular weight excluding hydrogens is 427 g/mol. The van der Waals surface area contributed by atoms with Gasteiger partial charge in [0, 0.05) is 5.56 Å². The predicted octanol–water partition coefficient (Wildman–Crippen LogP) is 5.44. The summed E-state index contributed by atoms with van der Waals surface area (Å²) in [6.07, 6.45) is -2.66. The first-order chi connectivity index (χ1) is 14.6. The van der Waals surface area contributed by atoms with Gasteiger partial charge in [0.15, 0.2) is 0 Å². The van der Waals surface area contributed by atoms with Crippen molar-refractivity contribution in [2.45, 2.75) is 30.8 Å². The van der Waals surface area contributed by atoms with Crippen molar-refractivity contribution < 1.29 is 26.4 Å². The van der Waals surface area contributed by atoms with Crippen LogP contribution in [0, 0.1) is 0 Å². The van der Waals surface area contributed by atoms with E-state index in [0.717, 1.165) is 42.2 Å². The van der Waals surface area contributed by atoms with Gasteiger partial charge >= 0.3 is 6.18 Å². The molecule has 3 rings (SSSR count). The second kappa shape index (κ2) is 8.93. The summed E-state index contributed by atoms with van der Waals surface area (Å²) in [5, 5.41) is 0. The first-order valence-electron chi connectivity index (χ1n) is 9.54. The molecule has 3 aromatic rings. The van der Waals surface area contributed by atoms with Crippen LogP contribution in [-0.2, 0) is 22.6 Å². The zero-order chi connectivity index (χ0) is 22.6. The van der Waals surface area contributed by atoms with E-state index < -0.39 is 32.6 Å². The van der Waals surface area contributed by atoms with Crippen molar-refractivity contribution in [2.24, 2.45) is 0 Å². The van der Waals surface area contributed by atoms with Gasteiger partial charge in [-0.2, -0.15) is 13.2 Å². The third kappa shape index (κ3) is 5.52. The number of hydrogen-bond donors (Lipinski definition) is 1. The van der Waals surface area contributed by atoms with Crippen LogP contribution in [0.4, 0.5) is 13.2 Å². The molecule has 0 bridgehead atoms. The number of carbonyl (C=O) groups excluding carboxylic acids is 1. The van der Waals surface area contributed by atoms with Crippen LogP contribution in [0.3, 0.4) is 0 Å². The zero-order valence-corrected chi connectivity index (χ0v) is 17.4. The van der Waals surface area contributed by atoms with Crippen LogP contribution >= 0.6 is 0 Å². The predicted molar refractivity (Wildman–Crippen MR) is 112 cm³/mol. The number of halogens is 3. The molecule has 0 aromatic heterocycles.